The molecule has 0 unspecified atom stereocenters. The van der Waals surface area contributed by atoms with Crippen LogP contribution in [0.5, 0.6) is 5.75 Å². The lowest BCUT2D eigenvalue weighted by Crippen LogP contribution is -2.36. The van der Waals surface area contributed by atoms with Crippen LogP contribution in [0.15, 0.2) is 57.0 Å². The van der Waals surface area contributed by atoms with Gasteiger partial charge < -0.3 is 14.1 Å². The minimum Gasteiger partial charge on any atom is -0.497 e. The molecule has 4 rings (SSSR count). The lowest BCUT2D eigenvalue weighted by atomic mass is 10.1. The molecule has 1 saturated heterocycles. The van der Waals surface area contributed by atoms with E-state index in [4.69, 9.17) is 9.15 Å². The number of hydrogen-bond acceptors (Lipinski definition) is 7. The molecule has 1 aliphatic heterocycles. The second kappa shape index (κ2) is 9.19. The predicted molar refractivity (Wildman–Crippen MR) is 119 cm³/mol. The molecule has 0 saturated carbocycles. The summed E-state index contributed by atoms with van der Waals surface area (Å²) in [5, 5.41) is 0.345. The number of fused-ring (bicyclic) bond motifs is 1. The summed E-state index contributed by atoms with van der Waals surface area (Å²) >= 11 is 1.22. The van der Waals surface area contributed by atoms with Crippen molar-refractivity contribution in [1.29, 1.82) is 0 Å². The first kappa shape index (κ1) is 21.5. The van der Waals surface area contributed by atoms with E-state index < -0.39 is 10.0 Å². The first-order valence-corrected chi connectivity index (χ1v) is 12.4. The minimum absolute atomic E-state index is 0.0684. The Morgan fingerprint density at radius 2 is 1.90 bits per heavy atom. The summed E-state index contributed by atoms with van der Waals surface area (Å²) in [6, 6.07) is 11.1. The highest BCUT2D eigenvalue weighted by Crippen LogP contribution is 2.27. The molecule has 0 bridgehead atoms. The molecule has 8 nitrogen and oxygen atoms in total. The van der Waals surface area contributed by atoms with E-state index in [1.807, 2.05) is 4.90 Å². The van der Waals surface area contributed by atoms with Gasteiger partial charge in [-0.05, 0) is 61.7 Å². The summed E-state index contributed by atoms with van der Waals surface area (Å²) in [6.45, 7) is 1.60. The quantitative estimate of drug-likeness (QED) is 0.535. The van der Waals surface area contributed by atoms with Crippen LogP contribution in [0.2, 0.25) is 0 Å². The molecule has 0 aliphatic carbocycles. The number of nitrogens with zero attached hydrogens (tertiary/aromatic N) is 2. The molecule has 3 aromatic rings. The number of benzene rings is 2. The van der Waals surface area contributed by atoms with Crippen molar-refractivity contribution in [3.63, 3.8) is 0 Å². The summed E-state index contributed by atoms with van der Waals surface area (Å²) < 4.78 is 38.8. The molecule has 0 spiro atoms. The van der Waals surface area contributed by atoms with Gasteiger partial charge in [-0.2, -0.15) is 0 Å². The number of nitrogens with one attached hydrogen (secondary N) is 1. The standard InChI is InChI=1S/C21H23N3O5S2/c1-28-16-7-5-15(6-8-16)23-31(26,27)17-9-10-19-18(13-17)22-21(29-19)30-14-20(25)24-11-3-2-4-12-24/h5-10,13,23H,2-4,11-12,14H2,1H3. The Balaban J connectivity index is 1.45. The number of ether oxygens (including phenoxy) is 1. The highest BCUT2D eigenvalue weighted by Gasteiger charge is 2.19. The maximum absolute atomic E-state index is 12.7. The van der Waals surface area contributed by atoms with Crippen LogP contribution < -0.4 is 9.46 Å². The number of methoxy groups -OCH3 is 1. The van der Waals surface area contributed by atoms with E-state index >= 15 is 0 Å². The minimum atomic E-state index is -3.80. The SMILES string of the molecule is COc1ccc(NS(=O)(=O)c2ccc3oc(SCC(=O)N4CCCCC4)nc3c2)cc1. The number of anilines is 1. The third-order valence-electron chi connectivity index (χ3n) is 5.02. The molecule has 1 fully saturated rings. The zero-order chi connectivity index (χ0) is 21.8. The van der Waals surface area contributed by atoms with Crippen LogP contribution in [0.25, 0.3) is 11.1 Å². The number of amides is 1. The molecule has 1 aromatic heterocycles. The summed E-state index contributed by atoms with van der Waals surface area (Å²) in [6.07, 6.45) is 3.25. The summed E-state index contributed by atoms with van der Waals surface area (Å²) in [5.41, 5.74) is 1.32. The van der Waals surface area contributed by atoms with Gasteiger partial charge in [-0.15, -0.1) is 0 Å². The third-order valence-corrected chi connectivity index (χ3v) is 7.21. The number of piperidine rings is 1. The molecule has 1 N–H and O–H groups in total. The van der Waals surface area contributed by atoms with Crippen LogP contribution in [-0.4, -0.2) is 50.2 Å². The smallest absolute Gasteiger partial charge is 0.261 e. The first-order valence-electron chi connectivity index (χ1n) is 9.93. The lowest BCUT2D eigenvalue weighted by molar-refractivity contribution is -0.129. The number of sulfonamides is 1. The number of hydrogen-bond donors (Lipinski definition) is 1. The van der Waals surface area contributed by atoms with Crippen LogP contribution >= 0.6 is 11.8 Å². The highest BCUT2D eigenvalue weighted by atomic mass is 32.2. The predicted octanol–water partition coefficient (Wildman–Crippen LogP) is 3.74. The zero-order valence-electron chi connectivity index (χ0n) is 17.0. The summed E-state index contributed by atoms with van der Waals surface area (Å²) in [4.78, 5) is 18.6. The monoisotopic (exact) mass is 461 g/mol. The van der Waals surface area contributed by atoms with Gasteiger partial charge in [0.1, 0.15) is 11.3 Å². The average Bonchev–Trinajstić information content (AvgIpc) is 3.20. The van der Waals surface area contributed by atoms with Crippen molar-refractivity contribution in [3.05, 3.63) is 42.5 Å². The lowest BCUT2D eigenvalue weighted by Gasteiger charge is -2.26. The van der Waals surface area contributed by atoms with E-state index in [1.165, 1.54) is 30.3 Å². The molecule has 0 atom stereocenters. The van der Waals surface area contributed by atoms with Gasteiger partial charge in [-0.25, -0.2) is 13.4 Å². The molecule has 0 radical (unpaired) electrons. The maximum atomic E-state index is 12.7. The highest BCUT2D eigenvalue weighted by molar-refractivity contribution is 7.99. The van der Waals surface area contributed by atoms with E-state index in [-0.39, 0.29) is 16.6 Å². The van der Waals surface area contributed by atoms with Gasteiger partial charge in [0, 0.05) is 18.8 Å². The molecule has 31 heavy (non-hydrogen) atoms. The number of thioether (sulfide) groups is 1. The van der Waals surface area contributed by atoms with Gasteiger partial charge in [0.2, 0.25) is 5.91 Å². The molecule has 1 aliphatic rings. The molecular formula is C21H23N3O5S2. The van der Waals surface area contributed by atoms with Crippen LogP contribution in [-0.2, 0) is 14.8 Å². The average molecular weight is 462 g/mol. The van der Waals surface area contributed by atoms with Crippen molar-refractivity contribution in [2.45, 2.75) is 29.4 Å². The second-order valence-electron chi connectivity index (χ2n) is 7.17. The van der Waals surface area contributed by atoms with Crippen molar-refractivity contribution in [2.75, 3.05) is 30.7 Å². The number of carbonyl (C=O) groups excluding carboxylic acids is 1. The molecule has 1 amide bonds. The number of rotatable bonds is 7. The van der Waals surface area contributed by atoms with Gasteiger partial charge >= 0.3 is 0 Å². The molecule has 164 valence electrons. The van der Waals surface area contributed by atoms with Crippen LogP contribution in [0.1, 0.15) is 19.3 Å². The zero-order valence-corrected chi connectivity index (χ0v) is 18.7. The number of carbonyl (C=O) groups is 1. The van der Waals surface area contributed by atoms with Crippen LogP contribution in [0, 0.1) is 0 Å². The number of likely N-dealkylation sites (tertiary alicyclic amines) is 1. The Kier molecular flexibility index (Phi) is 6.38. The summed E-state index contributed by atoms with van der Waals surface area (Å²) in [5.74, 6) is 0.950. The second-order valence-corrected chi connectivity index (χ2v) is 9.78. The van der Waals surface area contributed by atoms with Crippen molar-refractivity contribution >= 4 is 44.5 Å². The fraction of sp³-hybridized carbons (Fsp3) is 0.333. The maximum Gasteiger partial charge on any atom is 0.261 e. The Morgan fingerprint density at radius 1 is 1.16 bits per heavy atom. The molecule has 10 heteroatoms. The molecular weight excluding hydrogens is 438 g/mol. The number of aromatic nitrogens is 1. The van der Waals surface area contributed by atoms with Gasteiger partial charge in [-0.1, -0.05) is 11.8 Å². The van der Waals surface area contributed by atoms with Crippen molar-refractivity contribution < 1.29 is 22.4 Å². The van der Waals surface area contributed by atoms with Crippen molar-refractivity contribution in [3.8, 4) is 5.75 Å². The Morgan fingerprint density at radius 3 is 2.61 bits per heavy atom. The van der Waals surface area contributed by atoms with Crippen LogP contribution in [0.4, 0.5) is 5.69 Å². The van der Waals surface area contributed by atoms with E-state index in [0.717, 1.165) is 25.9 Å². The van der Waals surface area contributed by atoms with E-state index in [1.54, 1.807) is 37.4 Å². The summed E-state index contributed by atoms with van der Waals surface area (Å²) in [7, 11) is -2.25. The fourth-order valence-corrected chi connectivity index (χ4v) is 5.17. The van der Waals surface area contributed by atoms with E-state index in [2.05, 4.69) is 9.71 Å². The Hall–Kier alpha value is -2.72. The van der Waals surface area contributed by atoms with Crippen molar-refractivity contribution in [1.82, 2.24) is 9.88 Å². The van der Waals surface area contributed by atoms with E-state index in [0.29, 0.717) is 27.8 Å². The van der Waals surface area contributed by atoms with E-state index in [9.17, 15) is 13.2 Å². The Bertz CT molecular complexity index is 1170. The third kappa shape index (κ3) is 5.13. The largest absolute Gasteiger partial charge is 0.497 e. The first-order chi connectivity index (χ1) is 14.9. The normalized spacial score (nSPS) is 14.5. The van der Waals surface area contributed by atoms with Gasteiger partial charge in [0.05, 0.1) is 17.8 Å². The molecule has 2 heterocycles. The van der Waals surface area contributed by atoms with Gasteiger partial charge in [0.15, 0.2) is 5.58 Å². The number of oxazole rings is 1. The van der Waals surface area contributed by atoms with Gasteiger partial charge in [0.25, 0.3) is 15.2 Å². The molecule has 2 aromatic carbocycles. The van der Waals surface area contributed by atoms with Crippen molar-refractivity contribution in [2.24, 2.45) is 0 Å². The fourth-order valence-electron chi connectivity index (χ4n) is 3.35. The van der Waals surface area contributed by atoms with Gasteiger partial charge in [-0.3, -0.25) is 9.52 Å². The topological polar surface area (TPSA) is 102 Å². The van der Waals surface area contributed by atoms with Crippen LogP contribution in [0.3, 0.4) is 0 Å². The Labute approximate surface area is 185 Å².